The lowest BCUT2D eigenvalue weighted by atomic mass is 9.94. The highest BCUT2D eigenvalue weighted by Crippen LogP contribution is 2.52. The Hall–Kier alpha value is -4.10. The van der Waals surface area contributed by atoms with Crippen molar-refractivity contribution < 1.29 is 24.2 Å². The Morgan fingerprint density at radius 2 is 1.64 bits per heavy atom. The van der Waals surface area contributed by atoms with Gasteiger partial charge in [0.25, 0.3) is 0 Å². The molecule has 2 N–H and O–H groups in total. The van der Waals surface area contributed by atoms with Crippen LogP contribution in [0, 0.1) is 0 Å². The van der Waals surface area contributed by atoms with E-state index in [9.17, 15) is 14.7 Å². The molecule has 3 aromatic rings. The molecule has 0 aromatic heterocycles. The summed E-state index contributed by atoms with van der Waals surface area (Å²) in [6.45, 7) is 13.6. The Labute approximate surface area is 268 Å². The number of hydrogen-bond acceptors (Lipinski definition) is 5. The van der Waals surface area contributed by atoms with E-state index in [4.69, 9.17) is 9.47 Å². The number of amides is 2. The maximum atomic E-state index is 13.9. The summed E-state index contributed by atoms with van der Waals surface area (Å²) in [7, 11) is 0. The molecule has 0 aliphatic heterocycles. The molecule has 1 fully saturated rings. The molecule has 0 heterocycles. The van der Waals surface area contributed by atoms with Crippen LogP contribution in [0.2, 0.25) is 0 Å². The number of benzene rings is 3. The number of carbonyl (C=O) groups excluding carboxylic acids is 2. The number of aliphatic hydroxyl groups excluding tert-OH is 1. The zero-order valence-corrected chi connectivity index (χ0v) is 27.3. The third-order valence-corrected chi connectivity index (χ3v) is 8.12. The minimum atomic E-state index is -1.12. The van der Waals surface area contributed by atoms with Crippen LogP contribution in [0.5, 0.6) is 0 Å². The second-order valence-corrected chi connectivity index (χ2v) is 13.3. The fourth-order valence-corrected chi connectivity index (χ4v) is 5.60. The molecule has 0 saturated heterocycles. The van der Waals surface area contributed by atoms with Gasteiger partial charge in [0, 0.05) is 0 Å². The lowest BCUT2D eigenvalue weighted by Gasteiger charge is -2.36. The minimum absolute atomic E-state index is 0.0354. The maximum Gasteiger partial charge on any atom is 0.410 e. The van der Waals surface area contributed by atoms with Gasteiger partial charge in [0.1, 0.15) is 12.2 Å². The Morgan fingerprint density at radius 1 is 0.978 bits per heavy atom. The molecular weight excluding hydrogens is 564 g/mol. The number of rotatable bonds is 13. The fourth-order valence-electron chi connectivity index (χ4n) is 5.60. The smallest absolute Gasteiger partial charge is 0.410 e. The normalized spacial score (nSPS) is 15.1. The third-order valence-electron chi connectivity index (χ3n) is 8.12. The number of hydrogen-bond donors (Lipinski definition) is 2. The molecular formula is C38H48N2O5. The van der Waals surface area contributed by atoms with E-state index in [0.717, 1.165) is 35.1 Å². The maximum absolute atomic E-state index is 13.9. The summed E-state index contributed by atoms with van der Waals surface area (Å²) in [6, 6.07) is 25.1. The first-order valence-corrected chi connectivity index (χ1v) is 15.9. The Balaban J connectivity index is 1.64. The number of ether oxygens (including phenoxy) is 2. The van der Waals surface area contributed by atoms with Crippen LogP contribution in [0.4, 0.5) is 9.59 Å². The fraction of sp³-hybridized carbons (Fsp3) is 0.421. The van der Waals surface area contributed by atoms with Gasteiger partial charge in [-0.3, -0.25) is 4.90 Å². The van der Waals surface area contributed by atoms with Crippen LogP contribution in [0.25, 0.3) is 0 Å². The topological polar surface area (TPSA) is 88.1 Å². The second kappa shape index (κ2) is 14.8. The molecule has 1 aliphatic carbocycles. The summed E-state index contributed by atoms with van der Waals surface area (Å²) in [5.41, 5.74) is 3.78. The SMILES string of the molecule is C=CCc1cccc(CC(NC(=O)OC(C)(C)C)C(O)CN(C(=O)OCc2ccccc2)C2(c3cccc(C(C)C)c3)CC2)c1. The van der Waals surface area contributed by atoms with Crippen molar-refractivity contribution in [3.63, 3.8) is 0 Å². The van der Waals surface area contributed by atoms with Crippen molar-refractivity contribution in [2.45, 2.75) is 96.1 Å². The van der Waals surface area contributed by atoms with Gasteiger partial charge in [-0.1, -0.05) is 98.8 Å². The average molecular weight is 613 g/mol. The molecule has 0 spiro atoms. The van der Waals surface area contributed by atoms with Crippen LogP contribution in [0.3, 0.4) is 0 Å². The van der Waals surface area contributed by atoms with Gasteiger partial charge in [0.2, 0.25) is 0 Å². The van der Waals surface area contributed by atoms with Crippen LogP contribution < -0.4 is 5.32 Å². The second-order valence-electron chi connectivity index (χ2n) is 13.3. The van der Waals surface area contributed by atoms with Gasteiger partial charge in [-0.25, -0.2) is 9.59 Å². The molecule has 0 bridgehead atoms. The van der Waals surface area contributed by atoms with Crippen LogP contribution >= 0.6 is 0 Å². The van der Waals surface area contributed by atoms with E-state index in [1.165, 1.54) is 5.56 Å². The summed E-state index contributed by atoms with van der Waals surface area (Å²) < 4.78 is 11.4. The zero-order chi connectivity index (χ0) is 32.6. The van der Waals surface area contributed by atoms with Crippen molar-refractivity contribution in [2.75, 3.05) is 6.54 Å². The first kappa shape index (κ1) is 33.8. The summed E-state index contributed by atoms with van der Waals surface area (Å²) in [5, 5.41) is 14.7. The van der Waals surface area contributed by atoms with E-state index < -0.39 is 35.5 Å². The van der Waals surface area contributed by atoms with E-state index in [1.54, 1.807) is 25.7 Å². The van der Waals surface area contributed by atoms with Crippen LogP contribution in [0.15, 0.2) is 91.5 Å². The van der Waals surface area contributed by atoms with Gasteiger partial charge in [0.15, 0.2) is 0 Å². The van der Waals surface area contributed by atoms with Gasteiger partial charge in [-0.05, 0) is 80.2 Å². The minimum Gasteiger partial charge on any atom is -0.445 e. The number of carbonyl (C=O) groups is 2. The van der Waals surface area contributed by atoms with Crippen LogP contribution in [0.1, 0.15) is 81.2 Å². The molecule has 2 amide bonds. The molecule has 7 heteroatoms. The molecule has 45 heavy (non-hydrogen) atoms. The predicted octanol–water partition coefficient (Wildman–Crippen LogP) is 7.66. The Kier molecular flexibility index (Phi) is 11.1. The number of nitrogens with one attached hydrogen (secondary N) is 1. The molecule has 2 unspecified atom stereocenters. The Morgan fingerprint density at radius 3 is 2.29 bits per heavy atom. The molecule has 1 saturated carbocycles. The average Bonchev–Trinajstić information content (AvgIpc) is 3.80. The monoisotopic (exact) mass is 612 g/mol. The summed E-state index contributed by atoms with van der Waals surface area (Å²) in [6.07, 6.45) is 2.13. The van der Waals surface area contributed by atoms with Gasteiger partial charge >= 0.3 is 12.2 Å². The number of allylic oxidation sites excluding steroid dienone is 1. The van der Waals surface area contributed by atoms with Crippen LogP contribution in [-0.2, 0) is 34.5 Å². The predicted molar refractivity (Wildman–Crippen MR) is 178 cm³/mol. The summed E-state index contributed by atoms with van der Waals surface area (Å²) >= 11 is 0. The van der Waals surface area contributed by atoms with Crippen molar-refractivity contribution in [2.24, 2.45) is 0 Å². The molecule has 4 rings (SSSR count). The quantitative estimate of drug-likeness (QED) is 0.194. The molecule has 2 atom stereocenters. The number of alkyl carbamates (subject to hydrolysis) is 1. The van der Waals surface area contributed by atoms with Crippen molar-refractivity contribution in [3.8, 4) is 0 Å². The van der Waals surface area contributed by atoms with Gasteiger partial charge in [0.05, 0.1) is 24.2 Å². The van der Waals surface area contributed by atoms with E-state index in [0.29, 0.717) is 18.8 Å². The summed E-state index contributed by atoms with van der Waals surface area (Å²) in [5.74, 6) is 0.323. The molecule has 3 aromatic carbocycles. The number of aliphatic hydroxyl groups is 1. The third kappa shape index (κ3) is 9.44. The molecule has 240 valence electrons. The zero-order valence-electron chi connectivity index (χ0n) is 27.3. The Bertz CT molecular complexity index is 1440. The molecule has 7 nitrogen and oxygen atoms in total. The number of nitrogens with zero attached hydrogens (tertiary/aromatic N) is 1. The van der Waals surface area contributed by atoms with Crippen molar-refractivity contribution in [3.05, 3.63) is 119 Å². The van der Waals surface area contributed by atoms with Crippen LogP contribution in [-0.4, -0.2) is 46.5 Å². The van der Waals surface area contributed by atoms with E-state index in [2.05, 4.69) is 37.9 Å². The van der Waals surface area contributed by atoms with Crippen molar-refractivity contribution in [1.82, 2.24) is 10.2 Å². The summed E-state index contributed by atoms with van der Waals surface area (Å²) in [4.78, 5) is 28.6. The molecule has 0 radical (unpaired) electrons. The lowest BCUT2D eigenvalue weighted by Crippen LogP contribution is -2.53. The largest absolute Gasteiger partial charge is 0.445 e. The first-order chi connectivity index (χ1) is 21.4. The first-order valence-electron chi connectivity index (χ1n) is 15.9. The standard InChI is InChI=1S/C38H48N2O5/c1-7-13-28-16-11-17-30(22-28)23-33(39-35(42)45-37(4,5)6)34(41)25-40(36(43)44-26-29-14-9-8-10-15-29)38(20-21-38)32-19-12-18-31(24-32)27(2)3/h7-12,14-19,22,24,27,33-34,41H,1,13,20-21,23,25-26H2,2-6H3,(H,39,42). The lowest BCUT2D eigenvalue weighted by molar-refractivity contribution is 0.0230. The molecule has 1 aliphatic rings. The highest BCUT2D eigenvalue weighted by atomic mass is 16.6. The van der Waals surface area contributed by atoms with E-state index in [-0.39, 0.29) is 13.2 Å². The van der Waals surface area contributed by atoms with Gasteiger partial charge in [-0.15, -0.1) is 6.58 Å². The highest BCUT2D eigenvalue weighted by Gasteiger charge is 2.53. The van der Waals surface area contributed by atoms with Gasteiger partial charge in [-0.2, -0.15) is 0 Å². The van der Waals surface area contributed by atoms with Gasteiger partial charge < -0.3 is 19.9 Å². The highest BCUT2D eigenvalue weighted by molar-refractivity contribution is 5.71. The van der Waals surface area contributed by atoms with E-state index >= 15 is 0 Å². The van der Waals surface area contributed by atoms with E-state index in [1.807, 2.05) is 72.8 Å². The van der Waals surface area contributed by atoms with Crippen molar-refractivity contribution in [1.29, 1.82) is 0 Å². The van der Waals surface area contributed by atoms with Crippen molar-refractivity contribution >= 4 is 12.2 Å².